The van der Waals surface area contributed by atoms with Crippen LogP contribution in [0.5, 0.6) is 5.75 Å². The Morgan fingerprint density at radius 2 is 1.56 bits per heavy atom. The maximum atomic E-state index is 14.0. The van der Waals surface area contributed by atoms with Gasteiger partial charge in [-0.05, 0) is 41.5 Å². The van der Waals surface area contributed by atoms with Crippen LogP contribution in [0.2, 0.25) is 0 Å². The zero-order chi connectivity index (χ0) is 19.4. The lowest BCUT2D eigenvalue weighted by atomic mass is 10.0. The first-order valence-electron chi connectivity index (χ1n) is 8.10. The van der Waals surface area contributed by atoms with E-state index < -0.39 is 17.5 Å². The Kier molecular flexibility index (Phi) is 5.33. The van der Waals surface area contributed by atoms with Gasteiger partial charge >= 0.3 is 0 Å². The lowest BCUT2D eigenvalue weighted by Crippen LogP contribution is -1.93. The lowest BCUT2D eigenvalue weighted by Gasteiger charge is -2.05. The van der Waals surface area contributed by atoms with Gasteiger partial charge in [0.25, 0.3) is 0 Å². The van der Waals surface area contributed by atoms with Crippen molar-refractivity contribution in [3.8, 4) is 28.7 Å². The Balaban J connectivity index is 1.85. The van der Waals surface area contributed by atoms with Crippen LogP contribution in [0.3, 0.4) is 0 Å². The number of hydrogen-bond acceptors (Lipinski definition) is 1. The van der Waals surface area contributed by atoms with E-state index in [9.17, 15) is 13.2 Å². The third-order valence-electron chi connectivity index (χ3n) is 4.04. The van der Waals surface area contributed by atoms with Gasteiger partial charge in [-0.2, -0.15) is 0 Å². The molecular formula is C23H15F3O. The van der Waals surface area contributed by atoms with Crippen molar-refractivity contribution in [1.29, 1.82) is 0 Å². The molecule has 0 atom stereocenters. The van der Waals surface area contributed by atoms with Crippen molar-refractivity contribution in [3.05, 3.63) is 95.3 Å². The molecule has 0 saturated heterocycles. The van der Waals surface area contributed by atoms with Gasteiger partial charge in [0.1, 0.15) is 0 Å². The molecule has 0 aliphatic rings. The third kappa shape index (κ3) is 3.88. The highest BCUT2D eigenvalue weighted by molar-refractivity contribution is 5.65. The van der Waals surface area contributed by atoms with E-state index >= 15 is 0 Å². The van der Waals surface area contributed by atoms with E-state index in [-0.39, 0.29) is 16.9 Å². The van der Waals surface area contributed by atoms with Crippen LogP contribution in [0.4, 0.5) is 13.2 Å². The van der Waals surface area contributed by atoms with E-state index in [1.54, 1.807) is 36.4 Å². The van der Waals surface area contributed by atoms with Crippen LogP contribution in [0.25, 0.3) is 17.2 Å². The predicted octanol–water partition coefficient (Wildman–Crippen LogP) is 5.82. The van der Waals surface area contributed by atoms with E-state index in [0.717, 1.165) is 5.56 Å². The summed E-state index contributed by atoms with van der Waals surface area (Å²) in [6.07, 6.45) is 1.25. The molecule has 0 aliphatic carbocycles. The third-order valence-corrected chi connectivity index (χ3v) is 4.04. The number of ether oxygens (including phenoxy) is 1. The van der Waals surface area contributed by atoms with Gasteiger partial charge in [0, 0.05) is 11.1 Å². The van der Waals surface area contributed by atoms with Crippen LogP contribution in [0, 0.1) is 29.3 Å². The quantitative estimate of drug-likeness (QED) is 0.532. The highest BCUT2D eigenvalue weighted by atomic mass is 19.2. The molecule has 1 nitrogen and oxygen atoms in total. The molecule has 3 aromatic carbocycles. The molecule has 0 amide bonds. The van der Waals surface area contributed by atoms with Gasteiger partial charge in [-0.3, -0.25) is 0 Å². The second-order valence-corrected chi connectivity index (χ2v) is 5.71. The molecule has 3 rings (SSSR count). The van der Waals surface area contributed by atoms with Crippen LogP contribution in [-0.2, 0) is 0 Å². The van der Waals surface area contributed by atoms with E-state index in [4.69, 9.17) is 4.74 Å². The Hall–Kier alpha value is -3.45. The van der Waals surface area contributed by atoms with Gasteiger partial charge < -0.3 is 4.74 Å². The molecule has 0 N–H and O–H groups in total. The zero-order valence-electron chi connectivity index (χ0n) is 14.5. The smallest absolute Gasteiger partial charge is 0.175 e. The van der Waals surface area contributed by atoms with Crippen molar-refractivity contribution in [1.82, 2.24) is 0 Å². The molecule has 4 heteroatoms. The van der Waals surface area contributed by atoms with Crippen molar-refractivity contribution in [2.45, 2.75) is 0 Å². The minimum atomic E-state index is -0.995. The standard InChI is InChI=1S/C23H15F3O/c1-3-16-10-11-18(23(26)22(16)25)9-6-15-4-7-17(8-5-15)19-12-13-21(27-2)20(24)14-19/h3-5,7-8,10-14H,1H2,2H3. The molecule has 0 bridgehead atoms. The second kappa shape index (κ2) is 7.84. The maximum Gasteiger partial charge on any atom is 0.175 e. The van der Waals surface area contributed by atoms with Gasteiger partial charge in [-0.25, -0.2) is 13.2 Å². The maximum absolute atomic E-state index is 14.0. The summed E-state index contributed by atoms with van der Waals surface area (Å²) in [5, 5.41) is 0. The normalized spacial score (nSPS) is 10.1. The van der Waals surface area contributed by atoms with Crippen LogP contribution in [0.1, 0.15) is 16.7 Å². The molecule has 0 aliphatic heterocycles. The minimum absolute atomic E-state index is 0.0283. The summed E-state index contributed by atoms with van der Waals surface area (Å²) in [5.41, 5.74) is 2.18. The second-order valence-electron chi connectivity index (χ2n) is 5.71. The first-order valence-corrected chi connectivity index (χ1v) is 8.10. The monoisotopic (exact) mass is 364 g/mol. The van der Waals surface area contributed by atoms with Crippen LogP contribution in [0.15, 0.2) is 61.2 Å². The Morgan fingerprint density at radius 3 is 2.19 bits per heavy atom. The van der Waals surface area contributed by atoms with Crippen molar-refractivity contribution >= 4 is 6.08 Å². The SMILES string of the molecule is C=Cc1ccc(C#Cc2ccc(-c3ccc(OC)c(F)c3)cc2)c(F)c1F. The highest BCUT2D eigenvalue weighted by Gasteiger charge is 2.10. The first-order chi connectivity index (χ1) is 13.0. The highest BCUT2D eigenvalue weighted by Crippen LogP contribution is 2.25. The molecule has 0 heterocycles. The minimum Gasteiger partial charge on any atom is -0.494 e. The molecule has 0 aromatic heterocycles. The first kappa shape index (κ1) is 18.3. The number of hydrogen-bond donors (Lipinski definition) is 0. The summed E-state index contributed by atoms with van der Waals surface area (Å²) in [6.45, 7) is 3.43. The average molecular weight is 364 g/mol. The number of rotatable bonds is 3. The topological polar surface area (TPSA) is 9.23 Å². The number of methoxy groups -OCH3 is 1. The van der Waals surface area contributed by atoms with Crippen molar-refractivity contribution in [3.63, 3.8) is 0 Å². The molecule has 27 heavy (non-hydrogen) atoms. The number of halogens is 3. The van der Waals surface area contributed by atoms with Gasteiger partial charge in [-0.15, -0.1) is 0 Å². The zero-order valence-corrected chi connectivity index (χ0v) is 14.5. The van der Waals surface area contributed by atoms with Crippen molar-refractivity contribution in [2.75, 3.05) is 7.11 Å². The van der Waals surface area contributed by atoms with E-state index in [1.165, 1.54) is 31.4 Å². The van der Waals surface area contributed by atoms with Crippen LogP contribution >= 0.6 is 0 Å². The fraction of sp³-hybridized carbons (Fsp3) is 0.0435. The van der Waals surface area contributed by atoms with E-state index in [1.807, 2.05) is 0 Å². The molecule has 0 radical (unpaired) electrons. The Labute approximate surface area is 155 Å². The van der Waals surface area contributed by atoms with Crippen molar-refractivity contribution in [2.24, 2.45) is 0 Å². The summed E-state index contributed by atoms with van der Waals surface area (Å²) in [5.74, 6) is 3.20. The fourth-order valence-electron chi connectivity index (χ4n) is 2.55. The Bertz CT molecular complexity index is 1060. The summed E-state index contributed by atoms with van der Waals surface area (Å²) in [7, 11) is 1.41. The van der Waals surface area contributed by atoms with Gasteiger partial charge in [0.05, 0.1) is 12.7 Å². The number of benzene rings is 3. The predicted molar refractivity (Wildman–Crippen MR) is 101 cm³/mol. The Morgan fingerprint density at radius 1 is 0.852 bits per heavy atom. The average Bonchev–Trinajstić information content (AvgIpc) is 2.69. The van der Waals surface area contributed by atoms with Crippen molar-refractivity contribution < 1.29 is 17.9 Å². The van der Waals surface area contributed by atoms with Gasteiger partial charge in [-0.1, -0.05) is 48.8 Å². The van der Waals surface area contributed by atoms with E-state index in [2.05, 4.69) is 18.4 Å². The van der Waals surface area contributed by atoms with Gasteiger partial charge in [0.15, 0.2) is 23.2 Å². The molecule has 0 unspecified atom stereocenters. The summed E-state index contributed by atoms with van der Waals surface area (Å²) in [6, 6.07) is 14.6. The fourth-order valence-corrected chi connectivity index (χ4v) is 2.55. The molecule has 3 aromatic rings. The largest absolute Gasteiger partial charge is 0.494 e. The molecule has 134 valence electrons. The molecule has 0 saturated carbocycles. The van der Waals surface area contributed by atoms with E-state index in [0.29, 0.717) is 11.1 Å². The summed E-state index contributed by atoms with van der Waals surface area (Å²) >= 11 is 0. The summed E-state index contributed by atoms with van der Waals surface area (Å²) < 4.78 is 46.5. The molecule has 0 spiro atoms. The van der Waals surface area contributed by atoms with Crippen LogP contribution < -0.4 is 4.74 Å². The van der Waals surface area contributed by atoms with Gasteiger partial charge in [0.2, 0.25) is 0 Å². The molecule has 0 fully saturated rings. The molecular weight excluding hydrogens is 349 g/mol. The van der Waals surface area contributed by atoms with Crippen LogP contribution in [-0.4, -0.2) is 7.11 Å². The lowest BCUT2D eigenvalue weighted by molar-refractivity contribution is 0.386. The summed E-state index contributed by atoms with van der Waals surface area (Å²) in [4.78, 5) is 0.